The second-order valence-corrected chi connectivity index (χ2v) is 4.89. The number of primary amides is 1. The molecule has 2 atom stereocenters. The first kappa shape index (κ1) is 15.5. The van der Waals surface area contributed by atoms with Gasteiger partial charge in [0.25, 0.3) is 0 Å². The maximum Gasteiger partial charge on any atom is 0.237 e. The molecule has 0 saturated heterocycles. The van der Waals surface area contributed by atoms with E-state index in [2.05, 4.69) is 5.32 Å². The summed E-state index contributed by atoms with van der Waals surface area (Å²) in [5, 5.41) is 3.39. The SMILES string of the molecule is CC(Cc1ccccc1Cl)NC(=O)C(N)CC(N)=O. The number of nitrogens with one attached hydrogen (secondary N) is 1. The van der Waals surface area contributed by atoms with E-state index in [1.54, 1.807) is 6.07 Å². The summed E-state index contributed by atoms with van der Waals surface area (Å²) in [6.45, 7) is 1.85. The Hall–Kier alpha value is -1.59. The highest BCUT2D eigenvalue weighted by Gasteiger charge is 2.18. The van der Waals surface area contributed by atoms with Crippen LogP contribution in [0.2, 0.25) is 5.02 Å². The molecule has 0 aliphatic rings. The molecule has 0 spiro atoms. The predicted molar refractivity (Wildman–Crippen MR) is 74.5 cm³/mol. The molecule has 6 heteroatoms. The topological polar surface area (TPSA) is 98.2 Å². The molecule has 19 heavy (non-hydrogen) atoms. The second-order valence-electron chi connectivity index (χ2n) is 4.48. The van der Waals surface area contributed by atoms with Gasteiger partial charge in [-0.05, 0) is 25.0 Å². The first-order valence-electron chi connectivity index (χ1n) is 5.97. The zero-order valence-electron chi connectivity index (χ0n) is 10.7. The van der Waals surface area contributed by atoms with Crippen molar-refractivity contribution in [2.45, 2.75) is 31.8 Å². The highest BCUT2D eigenvalue weighted by molar-refractivity contribution is 6.31. The van der Waals surface area contributed by atoms with Crippen molar-refractivity contribution < 1.29 is 9.59 Å². The van der Waals surface area contributed by atoms with Crippen molar-refractivity contribution in [3.63, 3.8) is 0 Å². The fourth-order valence-electron chi connectivity index (χ4n) is 1.70. The summed E-state index contributed by atoms with van der Waals surface area (Å²) in [7, 11) is 0. The van der Waals surface area contributed by atoms with Crippen LogP contribution < -0.4 is 16.8 Å². The Balaban J connectivity index is 2.51. The third-order valence-electron chi connectivity index (χ3n) is 2.63. The lowest BCUT2D eigenvalue weighted by Crippen LogP contribution is -2.46. The molecule has 1 aromatic rings. The molecule has 5 nitrogen and oxygen atoms in total. The van der Waals surface area contributed by atoms with Gasteiger partial charge in [0.2, 0.25) is 11.8 Å². The lowest BCUT2D eigenvalue weighted by atomic mass is 10.1. The summed E-state index contributed by atoms with van der Waals surface area (Å²) < 4.78 is 0. The van der Waals surface area contributed by atoms with E-state index in [1.807, 2.05) is 25.1 Å². The smallest absolute Gasteiger partial charge is 0.237 e. The first-order valence-corrected chi connectivity index (χ1v) is 6.35. The number of hydrogen-bond donors (Lipinski definition) is 3. The summed E-state index contributed by atoms with van der Waals surface area (Å²) in [6.07, 6.45) is 0.430. The van der Waals surface area contributed by atoms with Crippen LogP contribution in [-0.4, -0.2) is 23.9 Å². The molecule has 0 bridgehead atoms. The van der Waals surface area contributed by atoms with Crippen LogP contribution in [0.1, 0.15) is 18.9 Å². The highest BCUT2D eigenvalue weighted by Crippen LogP contribution is 2.16. The number of benzene rings is 1. The van der Waals surface area contributed by atoms with Gasteiger partial charge in [0.05, 0.1) is 12.5 Å². The van der Waals surface area contributed by atoms with Gasteiger partial charge in [-0.3, -0.25) is 9.59 Å². The van der Waals surface area contributed by atoms with Crippen LogP contribution in [0.3, 0.4) is 0 Å². The molecule has 2 amide bonds. The Morgan fingerprint density at radius 2 is 2.00 bits per heavy atom. The van der Waals surface area contributed by atoms with Gasteiger partial charge in [0, 0.05) is 11.1 Å². The highest BCUT2D eigenvalue weighted by atomic mass is 35.5. The van der Waals surface area contributed by atoms with Crippen LogP contribution >= 0.6 is 11.6 Å². The maximum atomic E-state index is 11.7. The number of halogens is 1. The van der Waals surface area contributed by atoms with E-state index in [0.29, 0.717) is 11.4 Å². The normalized spacial score (nSPS) is 13.6. The number of nitrogens with two attached hydrogens (primary N) is 2. The van der Waals surface area contributed by atoms with Crippen molar-refractivity contribution >= 4 is 23.4 Å². The third kappa shape index (κ3) is 5.28. The summed E-state index contributed by atoms with van der Waals surface area (Å²) in [5.41, 5.74) is 11.5. The largest absolute Gasteiger partial charge is 0.370 e. The summed E-state index contributed by atoms with van der Waals surface area (Å²) >= 11 is 6.04. The lowest BCUT2D eigenvalue weighted by molar-refractivity contribution is -0.126. The molecule has 5 N–H and O–H groups in total. The molecule has 0 saturated carbocycles. The van der Waals surface area contributed by atoms with Gasteiger partial charge < -0.3 is 16.8 Å². The number of rotatable bonds is 6. The minimum atomic E-state index is -0.911. The van der Waals surface area contributed by atoms with E-state index < -0.39 is 17.9 Å². The fourth-order valence-corrected chi connectivity index (χ4v) is 1.92. The maximum absolute atomic E-state index is 11.7. The van der Waals surface area contributed by atoms with Crippen LogP contribution in [0.5, 0.6) is 0 Å². The predicted octanol–water partition coefficient (Wildman–Crippen LogP) is 0.590. The van der Waals surface area contributed by atoms with Crippen molar-refractivity contribution in [3.8, 4) is 0 Å². The average molecular weight is 284 g/mol. The van der Waals surface area contributed by atoms with Crippen molar-refractivity contribution in [2.24, 2.45) is 11.5 Å². The molecule has 0 fully saturated rings. The van der Waals surface area contributed by atoms with E-state index in [1.165, 1.54) is 0 Å². The molecular formula is C13H18ClN3O2. The summed E-state index contributed by atoms with van der Waals surface area (Å²) in [6, 6.07) is 6.38. The van der Waals surface area contributed by atoms with Gasteiger partial charge in [0.1, 0.15) is 0 Å². The monoisotopic (exact) mass is 283 g/mol. The zero-order chi connectivity index (χ0) is 14.4. The van der Waals surface area contributed by atoms with Gasteiger partial charge >= 0.3 is 0 Å². The van der Waals surface area contributed by atoms with Crippen LogP contribution in [0.25, 0.3) is 0 Å². The second kappa shape index (κ2) is 7.11. The van der Waals surface area contributed by atoms with Gasteiger partial charge in [-0.1, -0.05) is 29.8 Å². The minimum absolute atomic E-state index is 0.133. The number of hydrogen-bond acceptors (Lipinski definition) is 3. The molecule has 0 aliphatic carbocycles. The Kier molecular flexibility index (Phi) is 5.79. The van der Waals surface area contributed by atoms with E-state index >= 15 is 0 Å². The molecule has 1 aromatic carbocycles. The number of amides is 2. The van der Waals surface area contributed by atoms with Crippen LogP contribution in [-0.2, 0) is 16.0 Å². The molecule has 2 unspecified atom stereocenters. The van der Waals surface area contributed by atoms with Gasteiger partial charge in [0.15, 0.2) is 0 Å². The van der Waals surface area contributed by atoms with Crippen LogP contribution in [0.15, 0.2) is 24.3 Å². The molecule has 0 aromatic heterocycles. The first-order chi connectivity index (χ1) is 8.90. The molecular weight excluding hydrogens is 266 g/mol. The summed E-state index contributed by atoms with van der Waals surface area (Å²) in [4.78, 5) is 22.4. The van der Waals surface area contributed by atoms with E-state index in [0.717, 1.165) is 5.56 Å². The number of carbonyl (C=O) groups excluding carboxylic acids is 2. The van der Waals surface area contributed by atoms with Gasteiger partial charge in [-0.25, -0.2) is 0 Å². The van der Waals surface area contributed by atoms with Crippen LogP contribution in [0, 0.1) is 0 Å². The minimum Gasteiger partial charge on any atom is -0.370 e. The quantitative estimate of drug-likeness (QED) is 0.712. The molecule has 1 rings (SSSR count). The Morgan fingerprint density at radius 3 is 2.58 bits per heavy atom. The molecule has 0 aliphatic heterocycles. The van der Waals surface area contributed by atoms with Crippen molar-refractivity contribution in [1.29, 1.82) is 0 Å². The lowest BCUT2D eigenvalue weighted by Gasteiger charge is -2.17. The van der Waals surface area contributed by atoms with Crippen molar-refractivity contribution in [1.82, 2.24) is 5.32 Å². The van der Waals surface area contributed by atoms with Gasteiger partial charge in [-0.2, -0.15) is 0 Å². The molecule has 0 radical (unpaired) electrons. The van der Waals surface area contributed by atoms with E-state index in [-0.39, 0.29) is 12.5 Å². The Bertz CT molecular complexity index is 465. The fraction of sp³-hybridized carbons (Fsp3) is 0.385. The zero-order valence-corrected chi connectivity index (χ0v) is 11.5. The Morgan fingerprint density at radius 1 is 1.37 bits per heavy atom. The van der Waals surface area contributed by atoms with Gasteiger partial charge in [-0.15, -0.1) is 0 Å². The van der Waals surface area contributed by atoms with E-state index in [9.17, 15) is 9.59 Å². The molecule has 104 valence electrons. The van der Waals surface area contributed by atoms with Crippen molar-refractivity contribution in [2.75, 3.05) is 0 Å². The standard InChI is InChI=1S/C13H18ClN3O2/c1-8(6-9-4-2-3-5-10(9)14)17-13(19)11(15)7-12(16)18/h2-5,8,11H,6-7,15H2,1H3,(H2,16,18)(H,17,19). The van der Waals surface area contributed by atoms with Crippen molar-refractivity contribution in [3.05, 3.63) is 34.9 Å². The van der Waals surface area contributed by atoms with E-state index in [4.69, 9.17) is 23.1 Å². The summed E-state index contributed by atoms with van der Waals surface area (Å²) in [5.74, 6) is -0.986. The number of carbonyl (C=O) groups is 2. The third-order valence-corrected chi connectivity index (χ3v) is 3.00. The van der Waals surface area contributed by atoms with Crippen LogP contribution in [0.4, 0.5) is 0 Å². The Labute approximate surface area is 117 Å². The molecule has 0 heterocycles. The average Bonchev–Trinajstić information content (AvgIpc) is 2.31.